The number of nitrogens with zero attached hydrogens (tertiary/aromatic N) is 1. The van der Waals surface area contributed by atoms with Crippen molar-refractivity contribution in [1.82, 2.24) is 4.90 Å². The van der Waals surface area contributed by atoms with Crippen LogP contribution in [-0.2, 0) is 5.60 Å². The molecule has 1 heterocycles. The van der Waals surface area contributed by atoms with Gasteiger partial charge in [0.25, 0.3) is 0 Å². The van der Waals surface area contributed by atoms with Gasteiger partial charge in [0.2, 0.25) is 0 Å². The minimum Gasteiger partial charge on any atom is -0.496 e. The van der Waals surface area contributed by atoms with E-state index in [4.69, 9.17) is 9.47 Å². The van der Waals surface area contributed by atoms with Gasteiger partial charge in [0.1, 0.15) is 17.1 Å². The topological polar surface area (TPSA) is 41.9 Å². The van der Waals surface area contributed by atoms with Gasteiger partial charge in [-0.1, -0.05) is 6.07 Å². The molecule has 2 aliphatic rings. The normalized spacial score (nSPS) is 30.5. The van der Waals surface area contributed by atoms with Gasteiger partial charge in [0.05, 0.1) is 19.8 Å². The van der Waals surface area contributed by atoms with Crippen LogP contribution < -0.4 is 9.47 Å². The molecule has 1 aliphatic carbocycles. The molecule has 4 heteroatoms. The van der Waals surface area contributed by atoms with Gasteiger partial charge in [-0.15, -0.1) is 0 Å². The van der Waals surface area contributed by atoms with Gasteiger partial charge in [-0.05, 0) is 38.3 Å². The van der Waals surface area contributed by atoms with E-state index in [0.717, 1.165) is 12.0 Å². The Labute approximate surface area is 120 Å². The predicted octanol–water partition coefficient (Wildman–Crippen LogP) is 2.15. The number of hydrogen-bond acceptors (Lipinski definition) is 4. The van der Waals surface area contributed by atoms with Crippen molar-refractivity contribution >= 4 is 0 Å². The Morgan fingerprint density at radius 1 is 1.20 bits per heavy atom. The highest BCUT2D eigenvalue weighted by molar-refractivity contribution is 5.49. The first-order chi connectivity index (χ1) is 9.59. The first kappa shape index (κ1) is 13.7. The molecule has 0 radical (unpaired) electrons. The highest BCUT2D eigenvalue weighted by Crippen LogP contribution is 2.47. The molecule has 0 amide bonds. The van der Waals surface area contributed by atoms with Gasteiger partial charge in [0, 0.05) is 18.6 Å². The lowest BCUT2D eigenvalue weighted by atomic mass is 9.89. The molecule has 0 aromatic heterocycles. The van der Waals surface area contributed by atoms with Crippen LogP contribution in [0.15, 0.2) is 18.2 Å². The average Bonchev–Trinajstić information content (AvgIpc) is 3.24. The Morgan fingerprint density at radius 2 is 1.80 bits per heavy atom. The summed E-state index contributed by atoms with van der Waals surface area (Å²) in [6.45, 7) is 2.85. The third-order valence-corrected chi connectivity index (χ3v) is 4.55. The lowest BCUT2D eigenvalue weighted by Gasteiger charge is -2.27. The maximum Gasteiger partial charge on any atom is 0.128 e. The molecule has 110 valence electrons. The molecule has 1 aromatic rings. The summed E-state index contributed by atoms with van der Waals surface area (Å²) in [6.07, 6.45) is 3.23. The van der Waals surface area contributed by atoms with E-state index in [1.165, 1.54) is 12.8 Å². The predicted molar refractivity (Wildman–Crippen MR) is 77.2 cm³/mol. The van der Waals surface area contributed by atoms with E-state index in [0.29, 0.717) is 30.1 Å². The molecule has 1 aromatic carbocycles. The molecule has 2 fully saturated rings. The van der Waals surface area contributed by atoms with Crippen LogP contribution in [0.4, 0.5) is 0 Å². The summed E-state index contributed by atoms with van der Waals surface area (Å²) in [6, 6.07) is 6.71. The molecule has 1 saturated heterocycles. The number of β-amino-alcohol motifs (C(OH)–C–C–N with tert-alkyl or cyclic N) is 1. The van der Waals surface area contributed by atoms with Crippen LogP contribution in [0.1, 0.15) is 31.7 Å². The molecule has 2 atom stereocenters. The Hall–Kier alpha value is -1.26. The molecule has 3 rings (SSSR count). The van der Waals surface area contributed by atoms with Crippen LogP contribution in [-0.4, -0.2) is 42.9 Å². The minimum atomic E-state index is -0.889. The third-order valence-electron chi connectivity index (χ3n) is 4.55. The van der Waals surface area contributed by atoms with E-state index in [1.54, 1.807) is 14.2 Å². The second-order valence-corrected chi connectivity index (χ2v) is 6.03. The highest BCUT2D eigenvalue weighted by atomic mass is 16.5. The SMILES string of the molecule is COc1cccc(OC)c1C1(O)CC(C)N(C2CC2)C1. The van der Waals surface area contributed by atoms with Crippen LogP contribution in [0.2, 0.25) is 0 Å². The van der Waals surface area contributed by atoms with Crippen LogP contribution in [0, 0.1) is 0 Å². The lowest BCUT2D eigenvalue weighted by Crippen LogP contribution is -2.33. The lowest BCUT2D eigenvalue weighted by molar-refractivity contribution is 0.0402. The van der Waals surface area contributed by atoms with Gasteiger partial charge in [0.15, 0.2) is 0 Å². The Kier molecular flexibility index (Phi) is 3.38. The Balaban J connectivity index is 1.99. The number of likely N-dealkylation sites (tertiary alicyclic amines) is 1. The molecular weight excluding hydrogens is 254 g/mol. The summed E-state index contributed by atoms with van der Waals surface area (Å²) in [5.74, 6) is 1.41. The fourth-order valence-electron chi connectivity index (χ4n) is 3.51. The molecule has 4 nitrogen and oxygen atoms in total. The number of aliphatic hydroxyl groups is 1. The molecule has 2 unspecified atom stereocenters. The van der Waals surface area contributed by atoms with Gasteiger partial charge >= 0.3 is 0 Å². The summed E-state index contributed by atoms with van der Waals surface area (Å²) < 4.78 is 10.9. The van der Waals surface area contributed by atoms with Crippen molar-refractivity contribution in [3.63, 3.8) is 0 Å². The fraction of sp³-hybridized carbons (Fsp3) is 0.625. The number of methoxy groups -OCH3 is 2. The summed E-state index contributed by atoms with van der Waals surface area (Å²) >= 11 is 0. The number of rotatable bonds is 4. The van der Waals surface area contributed by atoms with Crippen molar-refractivity contribution in [3.8, 4) is 11.5 Å². The number of benzene rings is 1. The summed E-state index contributed by atoms with van der Waals surface area (Å²) in [5, 5.41) is 11.2. The van der Waals surface area contributed by atoms with E-state index < -0.39 is 5.60 Å². The fourth-order valence-corrected chi connectivity index (χ4v) is 3.51. The van der Waals surface area contributed by atoms with Crippen LogP contribution in [0.25, 0.3) is 0 Å². The minimum absolute atomic E-state index is 0.391. The van der Waals surface area contributed by atoms with E-state index in [9.17, 15) is 5.11 Å². The Bertz CT molecular complexity index is 478. The average molecular weight is 277 g/mol. The molecule has 1 saturated carbocycles. The highest BCUT2D eigenvalue weighted by Gasteiger charge is 2.49. The maximum atomic E-state index is 11.2. The third kappa shape index (κ3) is 2.17. The second kappa shape index (κ2) is 4.93. The zero-order valence-corrected chi connectivity index (χ0v) is 12.4. The van der Waals surface area contributed by atoms with Crippen molar-refractivity contribution < 1.29 is 14.6 Å². The quantitative estimate of drug-likeness (QED) is 0.915. The zero-order valence-electron chi connectivity index (χ0n) is 12.4. The van der Waals surface area contributed by atoms with Gasteiger partial charge < -0.3 is 14.6 Å². The van der Waals surface area contributed by atoms with E-state index in [-0.39, 0.29) is 0 Å². The molecule has 0 spiro atoms. The Morgan fingerprint density at radius 3 is 2.30 bits per heavy atom. The van der Waals surface area contributed by atoms with E-state index in [2.05, 4.69) is 11.8 Å². The van der Waals surface area contributed by atoms with Crippen molar-refractivity contribution in [2.24, 2.45) is 0 Å². The first-order valence-electron chi connectivity index (χ1n) is 7.28. The van der Waals surface area contributed by atoms with E-state index >= 15 is 0 Å². The van der Waals surface area contributed by atoms with Crippen LogP contribution in [0.5, 0.6) is 11.5 Å². The number of hydrogen-bond donors (Lipinski definition) is 1. The van der Waals surface area contributed by atoms with Crippen molar-refractivity contribution in [2.45, 2.75) is 43.9 Å². The van der Waals surface area contributed by atoms with Crippen LogP contribution >= 0.6 is 0 Å². The standard InChI is InChI=1S/C16H23NO3/c1-11-9-16(18,10-17(11)12-7-8-12)15-13(19-2)5-4-6-14(15)20-3/h4-6,11-12,18H,7-10H2,1-3H3. The van der Waals surface area contributed by atoms with Gasteiger partial charge in [-0.3, -0.25) is 4.90 Å². The summed E-state index contributed by atoms with van der Waals surface area (Å²) in [7, 11) is 3.28. The van der Waals surface area contributed by atoms with E-state index in [1.807, 2.05) is 18.2 Å². The van der Waals surface area contributed by atoms with Crippen molar-refractivity contribution in [3.05, 3.63) is 23.8 Å². The maximum absolute atomic E-state index is 11.2. The van der Waals surface area contributed by atoms with Crippen molar-refractivity contribution in [2.75, 3.05) is 20.8 Å². The monoisotopic (exact) mass is 277 g/mol. The molecule has 1 N–H and O–H groups in total. The zero-order chi connectivity index (χ0) is 14.3. The van der Waals surface area contributed by atoms with Crippen LogP contribution in [0.3, 0.4) is 0 Å². The summed E-state index contributed by atoms with van der Waals surface area (Å²) in [4.78, 5) is 2.42. The van der Waals surface area contributed by atoms with Gasteiger partial charge in [-0.25, -0.2) is 0 Å². The van der Waals surface area contributed by atoms with Gasteiger partial charge in [-0.2, -0.15) is 0 Å². The summed E-state index contributed by atoms with van der Waals surface area (Å²) in [5.41, 5.74) is -0.0973. The largest absolute Gasteiger partial charge is 0.496 e. The first-order valence-corrected chi connectivity index (χ1v) is 7.28. The second-order valence-electron chi connectivity index (χ2n) is 6.03. The molecular formula is C16H23NO3. The molecule has 20 heavy (non-hydrogen) atoms. The molecule has 0 bridgehead atoms. The smallest absolute Gasteiger partial charge is 0.128 e. The number of ether oxygens (including phenoxy) is 2. The van der Waals surface area contributed by atoms with Crippen molar-refractivity contribution in [1.29, 1.82) is 0 Å². The molecule has 1 aliphatic heterocycles.